The van der Waals surface area contributed by atoms with Crippen molar-refractivity contribution in [3.8, 4) is 11.3 Å². The molecule has 0 aliphatic carbocycles. The van der Waals surface area contributed by atoms with Crippen molar-refractivity contribution in [1.82, 2.24) is 9.55 Å². The SMILES string of the molecule is Cn1c(C(C)(C)C)nc(-c2ccc(F)c(Cl)c2)c1N. The molecular formula is C14H17ClFN3. The average molecular weight is 282 g/mol. The number of rotatable bonds is 1. The summed E-state index contributed by atoms with van der Waals surface area (Å²) in [5.74, 6) is 0.976. The van der Waals surface area contributed by atoms with Crippen LogP contribution in [0.25, 0.3) is 11.3 Å². The summed E-state index contributed by atoms with van der Waals surface area (Å²) >= 11 is 5.80. The molecule has 0 saturated heterocycles. The maximum atomic E-state index is 13.2. The molecule has 0 bridgehead atoms. The summed E-state index contributed by atoms with van der Waals surface area (Å²) in [5.41, 5.74) is 7.32. The van der Waals surface area contributed by atoms with Gasteiger partial charge in [0.15, 0.2) is 0 Å². The normalized spacial score (nSPS) is 11.9. The monoisotopic (exact) mass is 281 g/mol. The number of hydrogen-bond donors (Lipinski definition) is 1. The van der Waals surface area contributed by atoms with Gasteiger partial charge < -0.3 is 10.3 Å². The number of imidazole rings is 1. The molecule has 1 aromatic heterocycles. The quantitative estimate of drug-likeness (QED) is 0.865. The van der Waals surface area contributed by atoms with Gasteiger partial charge in [-0.05, 0) is 18.2 Å². The van der Waals surface area contributed by atoms with Crippen LogP contribution < -0.4 is 5.73 Å². The minimum absolute atomic E-state index is 0.0693. The van der Waals surface area contributed by atoms with E-state index < -0.39 is 5.82 Å². The highest BCUT2D eigenvalue weighted by atomic mass is 35.5. The van der Waals surface area contributed by atoms with E-state index in [1.165, 1.54) is 6.07 Å². The fraction of sp³-hybridized carbons (Fsp3) is 0.357. The van der Waals surface area contributed by atoms with E-state index in [2.05, 4.69) is 25.8 Å². The van der Waals surface area contributed by atoms with Crippen molar-refractivity contribution >= 4 is 17.4 Å². The van der Waals surface area contributed by atoms with Crippen molar-refractivity contribution in [3.05, 3.63) is 34.9 Å². The smallest absolute Gasteiger partial charge is 0.141 e. The summed E-state index contributed by atoms with van der Waals surface area (Å²) in [5, 5.41) is 0.0693. The van der Waals surface area contributed by atoms with Gasteiger partial charge in [-0.25, -0.2) is 9.37 Å². The van der Waals surface area contributed by atoms with Gasteiger partial charge in [0, 0.05) is 18.0 Å². The van der Waals surface area contributed by atoms with Crippen LogP contribution in [0.5, 0.6) is 0 Å². The Morgan fingerprint density at radius 3 is 2.42 bits per heavy atom. The zero-order valence-electron chi connectivity index (χ0n) is 11.5. The highest BCUT2D eigenvalue weighted by Crippen LogP contribution is 2.32. The van der Waals surface area contributed by atoms with Crippen LogP contribution in [-0.4, -0.2) is 9.55 Å². The largest absolute Gasteiger partial charge is 0.383 e. The lowest BCUT2D eigenvalue weighted by atomic mass is 9.96. The number of hydrogen-bond acceptors (Lipinski definition) is 2. The number of aromatic nitrogens is 2. The Labute approximate surface area is 117 Å². The summed E-state index contributed by atoms with van der Waals surface area (Å²) < 4.78 is 15.1. The molecule has 0 aliphatic rings. The molecule has 0 spiro atoms. The van der Waals surface area contributed by atoms with Gasteiger partial charge in [-0.1, -0.05) is 32.4 Å². The van der Waals surface area contributed by atoms with Crippen LogP contribution >= 0.6 is 11.6 Å². The van der Waals surface area contributed by atoms with Crippen molar-refractivity contribution in [2.75, 3.05) is 5.73 Å². The molecule has 0 atom stereocenters. The van der Waals surface area contributed by atoms with Crippen LogP contribution in [0.3, 0.4) is 0 Å². The van der Waals surface area contributed by atoms with Gasteiger partial charge in [0.05, 0.1) is 5.02 Å². The second-order valence-corrected chi connectivity index (χ2v) is 6.01. The summed E-state index contributed by atoms with van der Waals surface area (Å²) in [7, 11) is 1.87. The van der Waals surface area contributed by atoms with E-state index >= 15 is 0 Å². The van der Waals surface area contributed by atoms with Crippen LogP contribution in [0.2, 0.25) is 5.02 Å². The molecule has 3 nitrogen and oxygen atoms in total. The first-order chi connectivity index (χ1) is 8.71. The molecule has 19 heavy (non-hydrogen) atoms. The van der Waals surface area contributed by atoms with E-state index in [1.54, 1.807) is 12.1 Å². The number of nitrogens with two attached hydrogens (primary N) is 1. The minimum atomic E-state index is -0.448. The van der Waals surface area contributed by atoms with Crippen molar-refractivity contribution in [3.63, 3.8) is 0 Å². The van der Waals surface area contributed by atoms with Crippen LogP contribution in [-0.2, 0) is 12.5 Å². The van der Waals surface area contributed by atoms with Gasteiger partial charge >= 0.3 is 0 Å². The average Bonchev–Trinajstić information content (AvgIpc) is 2.60. The minimum Gasteiger partial charge on any atom is -0.383 e. The van der Waals surface area contributed by atoms with Crippen molar-refractivity contribution in [2.24, 2.45) is 7.05 Å². The molecule has 2 rings (SSSR count). The fourth-order valence-corrected chi connectivity index (χ4v) is 2.22. The molecule has 102 valence electrons. The first-order valence-electron chi connectivity index (χ1n) is 6.00. The summed E-state index contributed by atoms with van der Waals surface area (Å²) in [6.45, 7) is 6.20. The molecule has 0 fully saturated rings. The lowest BCUT2D eigenvalue weighted by Crippen LogP contribution is -2.17. The Balaban J connectivity index is 2.60. The molecular weight excluding hydrogens is 265 g/mol. The third-order valence-electron chi connectivity index (χ3n) is 3.00. The third kappa shape index (κ3) is 2.45. The number of nitrogens with zero attached hydrogens (tertiary/aromatic N) is 2. The van der Waals surface area contributed by atoms with Gasteiger partial charge in [-0.15, -0.1) is 0 Å². The first kappa shape index (κ1) is 13.9. The van der Waals surface area contributed by atoms with E-state index in [9.17, 15) is 4.39 Å². The number of anilines is 1. The van der Waals surface area contributed by atoms with Crippen LogP contribution in [0, 0.1) is 5.82 Å². The van der Waals surface area contributed by atoms with Gasteiger partial charge in [-0.3, -0.25) is 0 Å². The van der Waals surface area contributed by atoms with E-state index in [0.717, 1.165) is 11.4 Å². The number of nitrogen functional groups attached to an aromatic ring is 1. The summed E-state index contributed by atoms with van der Waals surface area (Å²) in [6.07, 6.45) is 0. The van der Waals surface area contributed by atoms with Crippen LogP contribution in [0.15, 0.2) is 18.2 Å². The molecule has 2 N–H and O–H groups in total. The predicted molar refractivity (Wildman–Crippen MR) is 76.7 cm³/mol. The second kappa shape index (κ2) is 4.53. The topological polar surface area (TPSA) is 43.8 Å². The van der Waals surface area contributed by atoms with Crippen LogP contribution in [0.1, 0.15) is 26.6 Å². The van der Waals surface area contributed by atoms with Gasteiger partial charge in [0.1, 0.15) is 23.2 Å². The molecule has 0 amide bonds. The number of halogens is 2. The first-order valence-corrected chi connectivity index (χ1v) is 6.37. The third-order valence-corrected chi connectivity index (χ3v) is 3.29. The zero-order chi connectivity index (χ0) is 14.4. The second-order valence-electron chi connectivity index (χ2n) is 5.61. The molecule has 0 radical (unpaired) electrons. The maximum Gasteiger partial charge on any atom is 0.141 e. The zero-order valence-corrected chi connectivity index (χ0v) is 12.2. The van der Waals surface area contributed by atoms with Crippen molar-refractivity contribution < 1.29 is 4.39 Å². The van der Waals surface area contributed by atoms with Crippen molar-refractivity contribution in [2.45, 2.75) is 26.2 Å². The molecule has 1 aromatic carbocycles. The van der Waals surface area contributed by atoms with Gasteiger partial charge in [-0.2, -0.15) is 0 Å². The maximum absolute atomic E-state index is 13.2. The molecule has 1 heterocycles. The molecule has 0 saturated carbocycles. The summed E-state index contributed by atoms with van der Waals surface area (Å²) in [6, 6.07) is 4.50. The van der Waals surface area contributed by atoms with E-state index in [1.807, 2.05) is 11.6 Å². The lowest BCUT2D eigenvalue weighted by molar-refractivity contribution is 0.524. The molecule has 5 heteroatoms. The summed E-state index contributed by atoms with van der Waals surface area (Å²) in [4.78, 5) is 4.58. The molecule has 0 aliphatic heterocycles. The Kier molecular flexibility index (Phi) is 3.31. The Hall–Kier alpha value is -1.55. The van der Waals surface area contributed by atoms with Gasteiger partial charge in [0.25, 0.3) is 0 Å². The van der Waals surface area contributed by atoms with E-state index in [0.29, 0.717) is 11.5 Å². The Bertz CT molecular complexity index is 626. The van der Waals surface area contributed by atoms with E-state index in [4.69, 9.17) is 17.3 Å². The van der Waals surface area contributed by atoms with Crippen LogP contribution in [0.4, 0.5) is 10.2 Å². The predicted octanol–water partition coefficient (Wildman–Crippen LogP) is 3.76. The fourth-order valence-electron chi connectivity index (χ4n) is 2.04. The van der Waals surface area contributed by atoms with E-state index in [-0.39, 0.29) is 10.4 Å². The molecule has 0 unspecified atom stereocenters. The number of benzene rings is 1. The lowest BCUT2D eigenvalue weighted by Gasteiger charge is -2.17. The van der Waals surface area contributed by atoms with Crippen molar-refractivity contribution in [1.29, 1.82) is 0 Å². The Morgan fingerprint density at radius 1 is 1.32 bits per heavy atom. The standard InChI is InChI=1S/C14H17ClFN3/c1-14(2,3)13-18-11(12(17)19(13)4)8-5-6-10(16)9(15)7-8/h5-7H,17H2,1-4H3. The van der Waals surface area contributed by atoms with Gasteiger partial charge in [0.2, 0.25) is 0 Å². The highest BCUT2D eigenvalue weighted by molar-refractivity contribution is 6.31. The highest BCUT2D eigenvalue weighted by Gasteiger charge is 2.23. The molecule has 2 aromatic rings. The Morgan fingerprint density at radius 2 is 1.95 bits per heavy atom.